The number of halogens is 1. The zero-order chi connectivity index (χ0) is 16.2. The van der Waals surface area contributed by atoms with Gasteiger partial charge in [-0.1, -0.05) is 40.2 Å². The number of nitrogens with one attached hydrogen (secondary N) is 1. The van der Waals surface area contributed by atoms with Crippen LogP contribution in [0.2, 0.25) is 0 Å². The fourth-order valence-corrected chi connectivity index (χ4v) is 3.35. The van der Waals surface area contributed by atoms with Crippen LogP contribution in [0.3, 0.4) is 0 Å². The van der Waals surface area contributed by atoms with Crippen molar-refractivity contribution in [3.05, 3.63) is 35.4 Å². The maximum Gasteiger partial charge on any atom is 0.313 e. The highest BCUT2D eigenvalue weighted by atomic mass is 79.9. The van der Waals surface area contributed by atoms with Crippen molar-refractivity contribution < 1.29 is 9.53 Å². The third-order valence-corrected chi connectivity index (χ3v) is 5.32. The molecule has 22 heavy (non-hydrogen) atoms. The zero-order valence-electron chi connectivity index (χ0n) is 13.7. The van der Waals surface area contributed by atoms with Crippen LogP contribution < -0.4 is 5.32 Å². The smallest absolute Gasteiger partial charge is 0.313 e. The fraction of sp³-hybridized carbons (Fsp3) is 0.611. The number of rotatable bonds is 5. The van der Waals surface area contributed by atoms with Gasteiger partial charge in [0.2, 0.25) is 0 Å². The van der Waals surface area contributed by atoms with E-state index in [9.17, 15) is 4.79 Å². The van der Waals surface area contributed by atoms with Crippen molar-refractivity contribution >= 4 is 21.9 Å². The van der Waals surface area contributed by atoms with Gasteiger partial charge in [-0.15, -0.1) is 0 Å². The molecule has 4 heteroatoms. The second-order valence-corrected chi connectivity index (χ2v) is 7.21. The van der Waals surface area contributed by atoms with E-state index in [1.54, 1.807) is 0 Å². The van der Waals surface area contributed by atoms with Crippen LogP contribution in [0, 0.1) is 5.92 Å². The van der Waals surface area contributed by atoms with E-state index in [4.69, 9.17) is 4.74 Å². The molecule has 0 amide bonds. The van der Waals surface area contributed by atoms with E-state index in [2.05, 4.69) is 21.2 Å². The summed E-state index contributed by atoms with van der Waals surface area (Å²) < 4.78 is 5.87. The molecule has 0 aromatic heterocycles. The second-order valence-electron chi connectivity index (χ2n) is 6.65. The summed E-state index contributed by atoms with van der Waals surface area (Å²) >= 11 is 3.44. The molecule has 1 saturated heterocycles. The molecule has 1 aromatic carbocycles. The lowest BCUT2D eigenvalue weighted by Gasteiger charge is -2.37. The summed E-state index contributed by atoms with van der Waals surface area (Å²) in [4.78, 5) is 12.5. The van der Waals surface area contributed by atoms with Crippen LogP contribution >= 0.6 is 15.9 Å². The van der Waals surface area contributed by atoms with Gasteiger partial charge < -0.3 is 10.1 Å². The molecule has 1 unspecified atom stereocenters. The molecule has 1 fully saturated rings. The number of piperidine rings is 1. The Morgan fingerprint density at radius 2 is 1.91 bits per heavy atom. The summed E-state index contributed by atoms with van der Waals surface area (Å²) in [6.45, 7) is 8.03. The number of ether oxygens (including phenoxy) is 1. The third-order valence-electron chi connectivity index (χ3n) is 4.67. The molecule has 0 aliphatic carbocycles. The van der Waals surface area contributed by atoms with Crippen LogP contribution in [0.5, 0.6) is 0 Å². The predicted molar refractivity (Wildman–Crippen MR) is 93.3 cm³/mol. The van der Waals surface area contributed by atoms with Gasteiger partial charge in [0, 0.05) is 11.2 Å². The summed E-state index contributed by atoms with van der Waals surface area (Å²) in [7, 11) is 0. The Morgan fingerprint density at radius 1 is 1.32 bits per heavy atom. The van der Waals surface area contributed by atoms with E-state index in [-0.39, 0.29) is 11.9 Å². The van der Waals surface area contributed by atoms with Crippen molar-refractivity contribution in [3.63, 3.8) is 0 Å². The number of carbonyl (C=O) groups is 1. The normalized spacial score (nSPS) is 18.0. The summed E-state index contributed by atoms with van der Waals surface area (Å²) in [6, 6.07) is 8.12. The Morgan fingerprint density at radius 3 is 2.45 bits per heavy atom. The average Bonchev–Trinajstić information content (AvgIpc) is 2.54. The Labute approximate surface area is 141 Å². The van der Waals surface area contributed by atoms with Crippen LogP contribution in [-0.4, -0.2) is 24.7 Å². The van der Waals surface area contributed by atoms with Gasteiger partial charge in [0.05, 0.1) is 5.92 Å². The first kappa shape index (κ1) is 17.5. The Bertz CT molecular complexity index is 492. The topological polar surface area (TPSA) is 38.3 Å². The highest BCUT2D eigenvalue weighted by molar-refractivity contribution is 9.08. The van der Waals surface area contributed by atoms with Gasteiger partial charge in [-0.3, -0.25) is 4.79 Å². The summed E-state index contributed by atoms with van der Waals surface area (Å²) in [5.41, 5.74) is 1.82. The Balaban J connectivity index is 2.00. The number of benzene rings is 1. The van der Waals surface area contributed by atoms with Crippen LogP contribution in [-0.2, 0) is 14.9 Å². The van der Waals surface area contributed by atoms with Crippen molar-refractivity contribution in [1.82, 2.24) is 5.32 Å². The SMILES string of the molecule is CC(C(=O)OC(C)(C)C1CCNCC1)c1ccc(CBr)cc1. The first-order valence-electron chi connectivity index (χ1n) is 8.02. The summed E-state index contributed by atoms with van der Waals surface area (Å²) in [5.74, 6) is 0.0705. The second kappa shape index (κ2) is 7.60. The molecule has 3 nitrogen and oxygen atoms in total. The van der Waals surface area contributed by atoms with Gasteiger partial charge in [0.25, 0.3) is 0 Å². The van der Waals surface area contributed by atoms with Crippen LogP contribution in [0.1, 0.15) is 50.7 Å². The van der Waals surface area contributed by atoms with Gasteiger partial charge in [0.1, 0.15) is 5.60 Å². The molecular formula is C18H26BrNO2. The maximum absolute atomic E-state index is 12.5. The lowest BCUT2D eigenvalue weighted by atomic mass is 9.83. The molecule has 0 spiro atoms. The van der Waals surface area contributed by atoms with Crippen LogP contribution in [0.4, 0.5) is 0 Å². The molecule has 122 valence electrons. The van der Waals surface area contributed by atoms with E-state index >= 15 is 0 Å². The highest BCUT2D eigenvalue weighted by Gasteiger charge is 2.35. The van der Waals surface area contributed by atoms with Gasteiger partial charge >= 0.3 is 5.97 Å². The van der Waals surface area contributed by atoms with Crippen molar-refractivity contribution in [3.8, 4) is 0 Å². The predicted octanol–water partition coefficient (Wildman–Crippen LogP) is 4.01. The summed E-state index contributed by atoms with van der Waals surface area (Å²) in [5, 5.41) is 4.18. The van der Waals surface area contributed by atoms with Gasteiger partial charge in [-0.25, -0.2) is 0 Å². The first-order chi connectivity index (χ1) is 10.4. The molecule has 2 rings (SSSR count). The molecule has 0 radical (unpaired) electrons. The highest BCUT2D eigenvalue weighted by Crippen LogP contribution is 2.31. The van der Waals surface area contributed by atoms with Gasteiger partial charge in [-0.05, 0) is 57.8 Å². The van der Waals surface area contributed by atoms with Crippen molar-refractivity contribution in [1.29, 1.82) is 0 Å². The quantitative estimate of drug-likeness (QED) is 0.631. The standard InChI is InChI=1S/C18H26BrNO2/c1-13(15-6-4-14(12-19)5-7-15)17(21)22-18(2,3)16-8-10-20-11-9-16/h4-7,13,16,20H,8-12H2,1-3H3. The molecule has 1 aromatic rings. The lowest BCUT2D eigenvalue weighted by molar-refractivity contribution is -0.164. The minimum Gasteiger partial charge on any atom is -0.459 e. The summed E-state index contributed by atoms with van der Waals surface area (Å²) in [6.07, 6.45) is 2.13. The molecule has 1 N–H and O–H groups in total. The minimum atomic E-state index is -0.400. The number of hydrogen-bond acceptors (Lipinski definition) is 3. The maximum atomic E-state index is 12.5. The van der Waals surface area contributed by atoms with E-state index in [1.807, 2.05) is 45.0 Å². The molecule has 1 aliphatic rings. The molecule has 1 atom stereocenters. The molecule has 1 heterocycles. The largest absolute Gasteiger partial charge is 0.459 e. The number of esters is 1. The van der Waals surface area contributed by atoms with Crippen molar-refractivity contribution in [2.24, 2.45) is 5.92 Å². The zero-order valence-corrected chi connectivity index (χ0v) is 15.3. The van der Waals surface area contributed by atoms with E-state index in [0.29, 0.717) is 5.92 Å². The number of carbonyl (C=O) groups excluding carboxylic acids is 1. The van der Waals surface area contributed by atoms with Crippen LogP contribution in [0.15, 0.2) is 24.3 Å². The first-order valence-corrected chi connectivity index (χ1v) is 9.14. The molecular weight excluding hydrogens is 342 g/mol. The fourth-order valence-electron chi connectivity index (χ4n) is 2.98. The van der Waals surface area contributed by atoms with Crippen LogP contribution in [0.25, 0.3) is 0 Å². The third kappa shape index (κ3) is 4.32. The van der Waals surface area contributed by atoms with E-state index < -0.39 is 5.60 Å². The molecule has 1 aliphatic heterocycles. The van der Waals surface area contributed by atoms with Gasteiger partial charge in [0.15, 0.2) is 0 Å². The lowest BCUT2D eigenvalue weighted by Crippen LogP contribution is -2.43. The average molecular weight is 368 g/mol. The van der Waals surface area contributed by atoms with Crippen molar-refractivity contribution in [2.45, 2.75) is 50.5 Å². The van der Waals surface area contributed by atoms with Gasteiger partial charge in [-0.2, -0.15) is 0 Å². The van der Waals surface area contributed by atoms with E-state index in [0.717, 1.165) is 36.8 Å². The van der Waals surface area contributed by atoms with Crippen molar-refractivity contribution in [2.75, 3.05) is 13.1 Å². The number of hydrogen-bond donors (Lipinski definition) is 1. The molecule has 0 bridgehead atoms. The van der Waals surface area contributed by atoms with E-state index in [1.165, 1.54) is 5.56 Å². The Hall–Kier alpha value is -0.870. The number of alkyl halides is 1. The molecule has 0 saturated carbocycles. The monoisotopic (exact) mass is 367 g/mol. The minimum absolute atomic E-state index is 0.130. The Kier molecular flexibility index (Phi) is 6.04.